The van der Waals surface area contributed by atoms with Crippen LogP contribution in [-0.4, -0.2) is 14.2 Å². The lowest BCUT2D eigenvalue weighted by Crippen LogP contribution is -2.04. The van der Waals surface area contributed by atoms with Crippen LogP contribution in [0.25, 0.3) is 0 Å². The molecule has 0 saturated carbocycles. The standard InChI is InChI=1S/C17H20ClNO2/c1-11-6-5-7-13(12(11)2)10-19-15-8-14(18)16(20-3)9-17(15)21-4/h5-9,19H,10H2,1-4H3. The Bertz CT molecular complexity index is 641. The van der Waals surface area contributed by atoms with Crippen molar-refractivity contribution in [3.63, 3.8) is 0 Å². The average molecular weight is 306 g/mol. The van der Waals surface area contributed by atoms with Gasteiger partial charge in [-0.1, -0.05) is 29.8 Å². The van der Waals surface area contributed by atoms with Gasteiger partial charge in [-0.3, -0.25) is 0 Å². The molecular weight excluding hydrogens is 286 g/mol. The number of benzene rings is 2. The van der Waals surface area contributed by atoms with Crippen molar-refractivity contribution in [3.05, 3.63) is 52.0 Å². The summed E-state index contributed by atoms with van der Waals surface area (Å²) in [7, 11) is 3.22. The molecule has 112 valence electrons. The zero-order chi connectivity index (χ0) is 15.4. The summed E-state index contributed by atoms with van der Waals surface area (Å²) >= 11 is 6.18. The fourth-order valence-electron chi connectivity index (χ4n) is 2.19. The number of rotatable bonds is 5. The summed E-state index contributed by atoms with van der Waals surface area (Å²) in [5.41, 5.74) is 4.69. The first-order chi connectivity index (χ1) is 10.1. The highest BCUT2D eigenvalue weighted by molar-refractivity contribution is 6.32. The molecule has 0 atom stereocenters. The fraction of sp³-hybridized carbons (Fsp3) is 0.294. The molecule has 2 aromatic carbocycles. The summed E-state index contributed by atoms with van der Waals surface area (Å²) in [4.78, 5) is 0. The second-order valence-electron chi connectivity index (χ2n) is 4.90. The molecule has 21 heavy (non-hydrogen) atoms. The number of aryl methyl sites for hydroxylation is 1. The van der Waals surface area contributed by atoms with Crippen molar-refractivity contribution >= 4 is 17.3 Å². The zero-order valence-corrected chi connectivity index (χ0v) is 13.5. The van der Waals surface area contributed by atoms with Gasteiger partial charge in [0.05, 0.1) is 24.9 Å². The first kappa shape index (κ1) is 15.5. The SMILES string of the molecule is COc1cc(OC)c(NCc2cccc(C)c2C)cc1Cl. The topological polar surface area (TPSA) is 30.5 Å². The molecule has 0 aliphatic rings. The third-order valence-electron chi connectivity index (χ3n) is 3.66. The van der Waals surface area contributed by atoms with Crippen molar-refractivity contribution in [2.24, 2.45) is 0 Å². The molecule has 3 nitrogen and oxygen atoms in total. The molecule has 0 heterocycles. The van der Waals surface area contributed by atoms with Crippen molar-refractivity contribution in [2.75, 3.05) is 19.5 Å². The summed E-state index contributed by atoms with van der Waals surface area (Å²) in [6.07, 6.45) is 0. The number of anilines is 1. The molecule has 0 bridgehead atoms. The first-order valence-corrected chi connectivity index (χ1v) is 7.15. The number of hydrogen-bond donors (Lipinski definition) is 1. The summed E-state index contributed by atoms with van der Waals surface area (Å²) in [6, 6.07) is 9.91. The number of halogens is 1. The lowest BCUT2D eigenvalue weighted by atomic mass is 10.0. The van der Waals surface area contributed by atoms with Crippen LogP contribution in [0.2, 0.25) is 5.02 Å². The Balaban J connectivity index is 2.23. The molecule has 4 heteroatoms. The monoisotopic (exact) mass is 305 g/mol. The Morgan fingerprint density at radius 1 is 1.05 bits per heavy atom. The first-order valence-electron chi connectivity index (χ1n) is 6.77. The van der Waals surface area contributed by atoms with E-state index in [1.807, 2.05) is 6.07 Å². The minimum absolute atomic E-state index is 0.557. The second-order valence-corrected chi connectivity index (χ2v) is 5.31. The van der Waals surface area contributed by atoms with E-state index in [-0.39, 0.29) is 0 Å². The highest BCUT2D eigenvalue weighted by atomic mass is 35.5. The van der Waals surface area contributed by atoms with Crippen LogP contribution in [0, 0.1) is 13.8 Å². The van der Waals surface area contributed by atoms with Crippen LogP contribution in [0.5, 0.6) is 11.5 Å². The predicted molar refractivity (Wildman–Crippen MR) is 87.8 cm³/mol. The van der Waals surface area contributed by atoms with Gasteiger partial charge in [-0.25, -0.2) is 0 Å². The van der Waals surface area contributed by atoms with Crippen molar-refractivity contribution in [1.29, 1.82) is 0 Å². The van der Waals surface area contributed by atoms with Gasteiger partial charge in [-0.15, -0.1) is 0 Å². The average Bonchev–Trinajstić information content (AvgIpc) is 2.49. The highest BCUT2D eigenvalue weighted by Crippen LogP contribution is 2.36. The largest absolute Gasteiger partial charge is 0.495 e. The van der Waals surface area contributed by atoms with Crippen LogP contribution in [0.15, 0.2) is 30.3 Å². The third-order valence-corrected chi connectivity index (χ3v) is 3.96. The van der Waals surface area contributed by atoms with Crippen LogP contribution in [0.4, 0.5) is 5.69 Å². The van der Waals surface area contributed by atoms with Crippen molar-refractivity contribution in [3.8, 4) is 11.5 Å². The minimum atomic E-state index is 0.557. The summed E-state index contributed by atoms with van der Waals surface area (Å²) in [5, 5.41) is 3.93. The van der Waals surface area contributed by atoms with Crippen LogP contribution in [0.1, 0.15) is 16.7 Å². The molecule has 0 saturated heterocycles. The van der Waals surface area contributed by atoms with Crippen LogP contribution in [0.3, 0.4) is 0 Å². The summed E-state index contributed by atoms with van der Waals surface area (Å²) < 4.78 is 10.6. The Kier molecular flexibility index (Phi) is 4.97. The molecular formula is C17H20ClNO2. The van der Waals surface area contributed by atoms with E-state index in [0.717, 1.165) is 5.69 Å². The van der Waals surface area contributed by atoms with Gasteiger partial charge in [0.1, 0.15) is 11.5 Å². The Morgan fingerprint density at radius 2 is 1.76 bits per heavy atom. The van der Waals surface area contributed by atoms with Gasteiger partial charge in [0.15, 0.2) is 0 Å². The molecule has 0 fully saturated rings. The zero-order valence-electron chi connectivity index (χ0n) is 12.8. The van der Waals surface area contributed by atoms with Crippen molar-refractivity contribution in [1.82, 2.24) is 0 Å². The smallest absolute Gasteiger partial charge is 0.145 e. The predicted octanol–water partition coefficient (Wildman–Crippen LogP) is 4.59. The van der Waals surface area contributed by atoms with E-state index >= 15 is 0 Å². The van der Waals surface area contributed by atoms with Crippen LogP contribution >= 0.6 is 11.6 Å². The lowest BCUT2D eigenvalue weighted by Gasteiger charge is -2.15. The Hall–Kier alpha value is -1.87. The molecule has 0 aliphatic heterocycles. The van der Waals surface area contributed by atoms with Gasteiger partial charge in [0.2, 0.25) is 0 Å². The maximum atomic E-state index is 6.18. The van der Waals surface area contributed by atoms with Gasteiger partial charge < -0.3 is 14.8 Å². The number of hydrogen-bond acceptors (Lipinski definition) is 3. The third kappa shape index (κ3) is 3.42. The minimum Gasteiger partial charge on any atom is -0.495 e. The Morgan fingerprint density at radius 3 is 2.43 bits per heavy atom. The second kappa shape index (κ2) is 6.72. The molecule has 1 N–H and O–H groups in total. The number of methoxy groups -OCH3 is 2. The van der Waals surface area contributed by atoms with E-state index in [2.05, 4.69) is 37.4 Å². The molecule has 0 amide bonds. The van der Waals surface area contributed by atoms with Gasteiger partial charge >= 0.3 is 0 Å². The molecule has 2 aromatic rings. The maximum absolute atomic E-state index is 6.18. The van der Waals surface area contributed by atoms with Gasteiger partial charge in [-0.2, -0.15) is 0 Å². The van der Waals surface area contributed by atoms with E-state index in [9.17, 15) is 0 Å². The van der Waals surface area contributed by atoms with E-state index in [1.165, 1.54) is 16.7 Å². The van der Waals surface area contributed by atoms with E-state index in [1.54, 1.807) is 20.3 Å². The lowest BCUT2D eigenvalue weighted by molar-refractivity contribution is 0.395. The normalized spacial score (nSPS) is 10.3. The molecule has 0 spiro atoms. The van der Waals surface area contributed by atoms with Gasteiger partial charge in [0.25, 0.3) is 0 Å². The molecule has 2 rings (SSSR count). The van der Waals surface area contributed by atoms with E-state index in [0.29, 0.717) is 23.1 Å². The quantitative estimate of drug-likeness (QED) is 0.876. The van der Waals surface area contributed by atoms with E-state index < -0.39 is 0 Å². The molecule has 0 aliphatic carbocycles. The van der Waals surface area contributed by atoms with Crippen molar-refractivity contribution < 1.29 is 9.47 Å². The number of nitrogens with one attached hydrogen (secondary N) is 1. The molecule has 0 unspecified atom stereocenters. The molecule has 0 aromatic heterocycles. The van der Waals surface area contributed by atoms with Gasteiger partial charge in [-0.05, 0) is 36.6 Å². The maximum Gasteiger partial charge on any atom is 0.145 e. The summed E-state index contributed by atoms with van der Waals surface area (Å²) in [6.45, 7) is 4.96. The highest BCUT2D eigenvalue weighted by Gasteiger charge is 2.10. The number of ether oxygens (including phenoxy) is 2. The van der Waals surface area contributed by atoms with E-state index in [4.69, 9.17) is 21.1 Å². The van der Waals surface area contributed by atoms with Crippen LogP contribution < -0.4 is 14.8 Å². The molecule has 0 radical (unpaired) electrons. The Labute approximate surface area is 130 Å². The van der Waals surface area contributed by atoms with Crippen LogP contribution in [-0.2, 0) is 6.54 Å². The fourth-order valence-corrected chi connectivity index (χ4v) is 2.43. The van der Waals surface area contributed by atoms with Crippen molar-refractivity contribution in [2.45, 2.75) is 20.4 Å². The summed E-state index contributed by atoms with van der Waals surface area (Å²) in [5.74, 6) is 1.31. The van der Waals surface area contributed by atoms with Gasteiger partial charge in [0, 0.05) is 12.6 Å².